The minimum Gasteiger partial charge on any atom is -0.465 e. The van der Waals surface area contributed by atoms with Crippen molar-refractivity contribution in [2.75, 3.05) is 7.11 Å². The molecular formula is C22H16N4O3. The Morgan fingerprint density at radius 3 is 2.62 bits per heavy atom. The summed E-state index contributed by atoms with van der Waals surface area (Å²) < 4.78 is 6.43. The first-order valence-corrected chi connectivity index (χ1v) is 8.82. The lowest BCUT2D eigenvalue weighted by Gasteiger charge is -2.09. The first-order chi connectivity index (χ1) is 14.1. The van der Waals surface area contributed by atoms with E-state index in [9.17, 15) is 9.90 Å². The second-order valence-electron chi connectivity index (χ2n) is 6.35. The molecule has 0 bridgehead atoms. The third kappa shape index (κ3) is 3.33. The van der Waals surface area contributed by atoms with Crippen LogP contribution in [0, 0.1) is 11.3 Å². The molecule has 29 heavy (non-hydrogen) atoms. The molecule has 4 rings (SSSR count). The number of fused-ring (bicyclic) bond motifs is 1. The van der Waals surface area contributed by atoms with Crippen molar-refractivity contribution >= 4 is 11.6 Å². The summed E-state index contributed by atoms with van der Waals surface area (Å²) >= 11 is 0. The molecule has 0 amide bonds. The van der Waals surface area contributed by atoms with Gasteiger partial charge in [0.25, 0.3) is 0 Å². The Balaban J connectivity index is 1.79. The SMILES string of the molecule is COC(=O)c1ccc(-c2ccn3ncc(-c4ccc(C#N)cc4)c3n2)cc1CO. The maximum absolute atomic E-state index is 11.8. The molecule has 0 saturated heterocycles. The van der Waals surface area contributed by atoms with Crippen molar-refractivity contribution < 1.29 is 14.6 Å². The molecule has 0 spiro atoms. The predicted octanol–water partition coefficient (Wildman–Crippen LogP) is 3.21. The zero-order valence-electron chi connectivity index (χ0n) is 15.5. The van der Waals surface area contributed by atoms with Crippen LogP contribution < -0.4 is 0 Å². The Bertz CT molecular complexity index is 1250. The van der Waals surface area contributed by atoms with Gasteiger partial charge in [0.2, 0.25) is 0 Å². The molecule has 4 aromatic rings. The molecule has 0 fully saturated rings. The number of methoxy groups -OCH3 is 1. The van der Waals surface area contributed by atoms with E-state index in [0.717, 1.165) is 16.7 Å². The maximum Gasteiger partial charge on any atom is 0.338 e. The number of aliphatic hydroxyl groups is 1. The van der Waals surface area contributed by atoms with Gasteiger partial charge in [0.1, 0.15) is 0 Å². The maximum atomic E-state index is 11.8. The quantitative estimate of drug-likeness (QED) is 0.542. The molecule has 2 aromatic heterocycles. The van der Waals surface area contributed by atoms with Gasteiger partial charge in [0.15, 0.2) is 5.65 Å². The zero-order chi connectivity index (χ0) is 20.4. The highest BCUT2D eigenvalue weighted by Crippen LogP contribution is 2.27. The third-order valence-corrected chi connectivity index (χ3v) is 4.67. The van der Waals surface area contributed by atoms with Crippen LogP contribution in [0.15, 0.2) is 60.9 Å². The Kier molecular flexibility index (Phi) is 4.77. The normalized spacial score (nSPS) is 10.7. The van der Waals surface area contributed by atoms with Gasteiger partial charge in [-0.3, -0.25) is 0 Å². The summed E-state index contributed by atoms with van der Waals surface area (Å²) in [6.07, 6.45) is 3.53. The van der Waals surface area contributed by atoms with Crippen LogP contribution in [-0.4, -0.2) is 32.8 Å². The largest absolute Gasteiger partial charge is 0.465 e. The van der Waals surface area contributed by atoms with Crippen LogP contribution in [0.4, 0.5) is 0 Å². The van der Waals surface area contributed by atoms with Gasteiger partial charge in [-0.15, -0.1) is 0 Å². The molecule has 0 radical (unpaired) electrons. The van der Waals surface area contributed by atoms with E-state index in [1.54, 1.807) is 47.2 Å². The molecule has 0 aliphatic rings. The van der Waals surface area contributed by atoms with Crippen molar-refractivity contribution in [3.05, 3.63) is 77.6 Å². The summed E-state index contributed by atoms with van der Waals surface area (Å²) in [5.41, 5.74) is 5.22. The van der Waals surface area contributed by atoms with E-state index in [1.807, 2.05) is 18.2 Å². The van der Waals surface area contributed by atoms with Crippen molar-refractivity contribution in [3.8, 4) is 28.5 Å². The molecule has 7 nitrogen and oxygen atoms in total. The number of carbonyl (C=O) groups is 1. The molecule has 142 valence electrons. The number of rotatable bonds is 4. The third-order valence-electron chi connectivity index (χ3n) is 4.67. The number of ether oxygens (including phenoxy) is 1. The number of benzene rings is 2. The second kappa shape index (κ2) is 7.54. The Labute approximate surface area is 166 Å². The van der Waals surface area contributed by atoms with E-state index in [1.165, 1.54) is 7.11 Å². The van der Waals surface area contributed by atoms with Crippen molar-refractivity contribution in [2.24, 2.45) is 0 Å². The Morgan fingerprint density at radius 2 is 1.93 bits per heavy atom. The summed E-state index contributed by atoms with van der Waals surface area (Å²) in [7, 11) is 1.30. The van der Waals surface area contributed by atoms with Gasteiger partial charge >= 0.3 is 5.97 Å². The molecule has 0 aliphatic heterocycles. The number of nitriles is 1. The molecule has 1 N–H and O–H groups in total. The first-order valence-electron chi connectivity index (χ1n) is 8.82. The van der Waals surface area contributed by atoms with E-state index in [4.69, 9.17) is 15.0 Å². The molecule has 7 heteroatoms. The summed E-state index contributed by atoms with van der Waals surface area (Å²) in [6, 6.07) is 16.3. The van der Waals surface area contributed by atoms with Crippen LogP contribution in [0.2, 0.25) is 0 Å². The second-order valence-corrected chi connectivity index (χ2v) is 6.35. The molecule has 0 aliphatic carbocycles. The van der Waals surface area contributed by atoms with Crippen LogP contribution >= 0.6 is 0 Å². The monoisotopic (exact) mass is 384 g/mol. The van der Waals surface area contributed by atoms with Crippen LogP contribution in [0.3, 0.4) is 0 Å². The van der Waals surface area contributed by atoms with E-state index < -0.39 is 5.97 Å². The Hall–Kier alpha value is -4.02. The fourth-order valence-corrected chi connectivity index (χ4v) is 3.15. The predicted molar refractivity (Wildman–Crippen MR) is 106 cm³/mol. The number of nitrogens with zero attached hydrogens (tertiary/aromatic N) is 4. The van der Waals surface area contributed by atoms with Crippen LogP contribution in [0.1, 0.15) is 21.5 Å². The molecule has 0 saturated carbocycles. The molecular weight excluding hydrogens is 368 g/mol. The number of hydrogen-bond donors (Lipinski definition) is 1. The standard InChI is InChI=1S/C22H16N4O3/c1-29-22(28)18-7-6-16(10-17(18)13-27)20-8-9-26-21(25-20)19(12-24-26)15-4-2-14(11-23)3-5-15/h2-10,12,27H,13H2,1H3. The van der Waals surface area contributed by atoms with E-state index in [2.05, 4.69) is 11.2 Å². The lowest BCUT2D eigenvalue weighted by molar-refractivity contribution is 0.0597. The van der Waals surface area contributed by atoms with E-state index in [-0.39, 0.29) is 6.61 Å². The summed E-state index contributed by atoms with van der Waals surface area (Å²) in [6.45, 7) is -0.288. The highest BCUT2D eigenvalue weighted by molar-refractivity contribution is 5.91. The van der Waals surface area contributed by atoms with E-state index in [0.29, 0.717) is 28.0 Å². The van der Waals surface area contributed by atoms with Gasteiger partial charge in [-0.1, -0.05) is 18.2 Å². The number of hydrogen-bond acceptors (Lipinski definition) is 6. The van der Waals surface area contributed by atoms with Gasteiger partial charge in [-0.05, 0) is 41.5 Å². The van der Waals surface area contributed by atoms with Crippen LogP contribution in [0.5, 0.6) is 0 Å². The smallest absolute Gasteiger partial charge is 0.338 e. The van der Waals surface area contributed by atoms with E-state index >= 15 is 0 Å². The lowest BCUT2D eigenvalue weighted by Crippen LogP contribution is -2.06. The fourth-order valence-electron chi connectivity index (χ4n) is 3.15. The molecule has 2 aromatic carbocycles. The van der Waals surface area contributed by atoms with Crippen molar-refractivity contribution in [1.29, 1.82) is 5.26 Å². The lowest BCUT2D eigenvalue weighted by atomic mass is 10.0. The Morgan fingerprint density at radius 1 is 1.17 bits per heavy atom. The van der Waals surface area contributed by atoms with Gasteiger partial charge in [0.05, 0.1) is 42.8 Å². The number of aliphatic hydroxyl groups excluding tert-OH is 1. The molecule has 0 atom stereocenters. The summed E-state index contributed by atoms with van der Waals surface area (Å²) in [5, 5.41) is 23.0. The minimum atomic E-state index is -0.497. The number of aromatic nitrogens is 3. The highest BCUT2D eigenvalue weighted by Gasteiger charge is 2.14. The fraction of sp³-hybridized carbons (Fsp3) is 0.0909. The summed E-state index contributed by atoms with van der Waals surface area (Å²) in [4.78, 5) is 16.6. The minimum absolute atomic E-state index is 0.288. The average molecular weight is 384 g/mol. The molecule has 2 heterocycles. The average Bonchev–Trinajstić information content (AvgIpc) is 3.21. The summed E-state index contributed by atoms with van der Waals surface area (Å²) in [5.74, 6) is -0.497. The van der Waals surface area contributed by atoms with Crippen molar-refractivity contribution in [3.63, 3.8) is 0 Å². The van der Waals surface area contributed by atoms with Crippen LogP contribution in [0.25, 0.3) is 28.0 Å². The molecule has 0 unspecified atom stereocenters. The van der Waals surface area contributed by atoms with Crippen molar-refractivity contribution in [1.82, 2.24) is 14.6 Å². The highest BCUT2D eigenvalue weighted by atomic mass is 16.5. The number of esters is 1. The van der Waals surface area contributed by atoms with Crippen LogP contribution in [-0.2, 0) is 11.3 Å². The zero-order valence-corrected chi connectivity index (χ0v) is 15.5. The van der Waals surface area contributed by atoms with Gasteiger partial charge < -0.3 is 9.84 Å². The van der Waals surface area contributed by atoms with Gasteiger partial charge in [-0.2, -0.15) is 10.4 Å². The topological polar surface area (TPSA) is 101 Å². The van der Waals surface area contributed by atoms with Gasteiger partial charge in [0, 0.05) is 17.3 Å². The number of carbonyl (C=O) groups excluding carboxylic acids is 1. The first kappa shape index (κ1) is 18.3. The van der Waals surface area contributed by atoms with Gasteiger partial charge in [-0.25, -0.2) is 14.3 Å². The van der Waals surface area contributed by atoms with Crippen molar-refractivity contribution in [2.45, 2.75) is 6.61 Å².